The van der Waals surface area contributed by atoms with Crippen LogP contribution in [0.4, 0.5) is 11.6 Å². The first kappa shape index (κ1) is 18.2. The van der Waals surface area contributed by atoms with E-state index in [2.05, 4.69) is 15.3 Å². The Labute approximate surface area is 153 Å². The zero-order valence-corrected chi connectivity index (χ0v) is 15.2. The second-order valence-electron chi connectivity index (χ2n) is 6.80. The molecular weight excluding hydrogens is 332 g/mol. The lowest BCUT2D eigenvalue weighted by Crippen LogP contribution is -2.40. The Hall–Kier alpha value is -2.61. The molecule has 8 nitrogen and oxygen atoms in total. The predicted octanol–water partition coefficient (Wildman–Crippen LogP) is 0.490. The van der Waals surface area contributed by atoms with E-state index in [1.54, 1.807) is 0 Å². The first-order valence-corrected chi connectivity index (χ1v) is 8.84. The normalized spacial score (nSPS) is 19.6. The van der Waals surface area contributed by atoms with Crippen LogP contribution in [0.2, 0.25) is 0 Å². The van der Waals surface area contributed by atoms with Gasteiger partial charge < -0.3 is 24.8 Å². The number of hydrogen-bond acceptors (Lipinski definition) is 6. The second kappa shape index (κ2) is 8.18. The lowest BCUT2D eigenvalue weighted by molar-refractivity contribution is -0.121. The van der Waals surface area contributed by atoms with Gasteiger partial charge in [-0.05, 0) is 18.6 Å². The van der Waals surface area contributed by atoms with E-state index in [0.717, 1.165) is 11.6 Å². The first-order chi connectivity index (χ1) is 12.5. The van der Waals surface area contributed by atoms with E-state index in [-0.39, 0.29) is 11.9 Å². The summed E-state index contributed by atoms with van der Waals surface area (Å²) < 4.78 is 1.98. The van der Waals surface area contributed by atoms with E-state index in [0.29, 0.717) is 32.5 Å². The monoisotopic (exact) mass is 358 g/mol. The quantitative estimate of drug-likeness (QED) is 0.749. The Morgan fingerprint density at radius 2 is 2.12 bits per heavy atom. The van der Waals surface area contributed by atoms with Crippen molar-refractivity contribution < 1.29 is 9.90 Å². The van der Waals surface area contributed by atoms with Gasteiger partial charge in [0.1, 0.15) is 18.0 Å². The molecule has 3 rings (SSSR count). The van der Waals surface area contributed by atoms with Crippen molar-refractivity contribution in [2.24, 2.45) is 0 Å². The van der Waals surface area contributed by atoms with E-state index in [1.807, 2.05) is 59.1 Å². The number of nitrogens with zero attached hydrogens (tertiary/aromatic N) is 5. The van der Waals surface area contributed by atoms with Gasteiger partial charge in [-0.25, -0.2) is 9.97 Å². The Bertz CT molecular complexity index is 718. The van der Waals surface area contributed by atoms with Crippen molar-refractivity contribution in [1.29, 1.82) is 0 Å². The molecule has 1 saturated heterocycles. The van der Waals surface area contributed by atoms with E-state index in [4.69, 9.17) is 0 Å². The highest BCUT2D eigenvalue weighted by Gasteiger charge is 2.32. The van der Waals surface area contributed by atoms with Gasteiger partial charge >= 0.3 is 0 Å². The van der Waals surface area contributed by atoms with Gasteiger partial charge in [0.25, 0.3) is 0 Å². The maximum absolute atomic E-state index is 12.1. The Morgan fingerprint density at radius 1 is 1.35 bits per heavy atom. The summed E-state index contributed by atoms with van der Waals surface area (Å²) in [5.74, 6) is 1.59. The lowest BCUT2D eigenvalue weighted by atomic mass is 10.2. The first-order valence-electron chi connectivity index (χ1n) is 8.84. The highest BCUT2D eigenvalue weighted by Crippen LogP contribution is 2.25. The van der Waals surface area contributed by atoms with E-state index in [9.17, 15) is 9.90 Å². The molecule has 1 aliphatic rings. The van der Waals surface area contributed by atoms with Crippen LogP contribution in [0.1, 0.15) is 12.8 Å². The summed E-state index contributed by atoms with van der Waals surface area (Å²) in [7, 11) is 3.85. The number of nitrogens with one attached hydrogen (secondary N) is 1. The van der Waals surface area contributed by atoms with Gasteiger partial charge in [0.2, 0.25) is 5.91 Å². The summed E-state index contributed by atoms with van der Waals surface area (Å²) in [4.78, 5) is 24.7. The summed E-state index contributed by atoms with van der Waals surface area (Å²) in [6, 6.07) is 5.81. The molecule has 0 aliphatic carbocycles. The van der Waals surface area contributed by atoms with E-state index >= 15 is 0 Å². The average Bonchev–Trinajstić information content (AvgIpc) is 3.27. The molecule has 0 unspecified atom stereocenters. The fraction of sp³-hybridized carbons (Fsp3) is 0.500. The Balaban J connectivity index is 1.57. The molecule has 3 heterocycles. The van der Waals surface area contributed by atoms with Gasteiger partial charge in [-0.2, -0.15) is 0 Å². The molecule has 140 valence electrons. The summed E-state index contributed by atoms with van der Waals surface area (Å²) in [5, 5.41) is 13.1. The third-order valence-electron chi connectivity index (χ3n) is 4.58. The maximum Gasteiger partial charge on any atom is 0.221 e. The Morgan fingerprint density at radius 3 is 2.85 bits per heavy atom. The van der Waals surface area contributed by atoms with Gasteiger partial charge in [0, 0.05) is 58.6 Å². The highest BCUT2D eigenvalue weighted by molar-refractivity contribution is 5.75. The molecule has 2 aromatic rings. The van der Waals surface area contributed by atoms with Crippen LogP contribution >= 0.6 is 0 Å². The Kier molecular flexibility index (Phi) is 5.72. The largest absolute Gasteiger partial charge is 0.391 e. The van der Waals surface area contributed by atoms with Crippen LogP contribution in [0, 0.1) is 0 Å². The van der Waals surface area contributed by atoms with Gasteiger partial charge in [0.05, 0.1) is 12.1 Å². The zero-order valence-electron chi connectivity index (χ0n) is 15.2. The maximum atomic E-state index is 12.1. The topological polar surface area (TPSA) is 86.5 Å². The molecule has 2 N–H and O–H groups in total. The van der Waals surface area contributed by atoms with Crippen LogP contribution in [0.5, 0.6) is 0 Å². The second-order valence-corrected chi connectivity index (χ2v) is 6.80. The molecule has 1 amide bonds. The molecule has 2 aromatic heterocycles. The van der Waals surface area contributed by atoms with Crippen LogP contribution in [0.25, 0.3) is 0 Å². The van der Waals surface area contributed by atoms with Gasteiger partial charge in [-0.3, -0.25) is 4.79 Å². The van der Waals surface area contributed by atoms with E-state index in [1.165, 1.54) is 6.33 Å². The van der Waals surface area contributed by atoms with Crippen molar-refractivity contribution >= 4 is 17.5 Å². The molecule has 0 saturated carbocycles. The molecule has 0 aromatic carbocycles. The standard InChI is InChI=1S/C18H26N6O2/c1-22(2)16-10-17(21-13-20-16)24-12-15(25)9-14(24)11-19-18(26)5-8-23-6-3-4-7-23/h3-4,6-7,10,13-15,25H,5,8-9,11-12H2,1-2H3,(H,19,26)/t14-,15-/m1/s1. The smallest absolute Gasteiger partial charge is 0.221 e. The molecule has 8 heteroatoms. The number of rotatable bonds is 7. The number of aliphatic hydroxyl groups is 1. The molecule has 0 bridgehead atoms. The lowest BCUT2D eigenvalue weighted by Gasteiger charge is -2.26. The predicted molar refractivity (Wildman–Crippen MR) is 100 cm³/mol. The van der Waals surface area contributed by atoms with Crippen molar-refractivity contribution in [3.8, 4) is 0 Å². The minimum Gasteiger partial charge on any atom is -0.391 e. The van der Waals surface area contributed by atoms with Crippen LogP contribution in [0.3, 0.4) is 0 Å². The molecule has 0 radical (unpaired) electrons. The molecule has 0 spiro atoms. The number of aryl methyl sites for hydroxylation is 1. The number of aliphatic hydroxyl groups excluding tert-OH is 1. The highest BCUT2D eigenvalue weighted by atomic mass is 16.3. The minimum atomic E-state index is -0.422. The SMILES string of the molecule is CN(C)c1cc(N2C[C@H](O)C[C@@H]2CNC(=O)CCn2cccc2)ncn1. The molecule has 1 aliphatic heterocycles. The summed E-state index contributed by atoms with van der Waals surface area (Å²) >= 11 is 0. The van der Waals surface area contributed by atoms with Gasteiger partial charge in [0.15, 0.2) is 0 Å². The summed E-state index contributed by atoms with van der Waals surface area (Å²) in [6.45, 7) is 1.66. The zero-order chi connectivity index (χ0) is 18.5. The number of anilines is 2. The summed E-state index contributed by atoms with van der Waals surface area (Å²) in [6.07, 6.45) is 6.04. The molecular formula is C18H26N6O2. The van der Waals surface area contributed by atoms with Gasteiger partial charge in [-0.15, -0.1) is 0 Å². The minimum absolute atomic E-state index is 0.0108. The third-order valence-corrected chi connectivity index (χ3v) is 4.58. The van der Waals surface area contributed by atoms with Crippen LogP contribution in [0.15, 0.2) is 36.9 Å². The van der Waals surface area contributed by atoms with Crippen LogP contribution < -0.4 is 15.1 Å². The van der Waals surface area contributed by atoms with Gasteiger partial charge in [-0.1, -0.05) is 0 Å². The molecule has 26 heavy (non-hydrogen) atoms. The van der Waals surface area contributed by atoms with E-state index < -0.39 is 6.10 Å². The third kappa shape index (κ3) is 4.51. The van der Waals surface area contributed by atoms with Crippen molar-refractivity contribution in [2.45, 2.75) is 31.5 Å². The molecule has 1 fully saturated rings. The number of β-amino-alcohol motifs (C(OH)–C–C–N with tert-alkyl or cyclic N) is 1. The fourth-order valence-corrected chi connectivity index (χ4v) is 3.17. The van der Waals surface area contributed by atoms with Crippen molar-refractivity contribution in [2.75, 3.05) is 37.0 Å². The fourth-order valence-electron chi connectivity index (χ4n) is 3.17. The number of carbonyl (C=O) groups is 1. The number of amides is 1. The number of carbonyl (C=O) groups excluding carboxylic acids is 1. The van der Waals surface area contributed by atoms with Crippen molar-refractivity contribution in [3.05, 3.63) is 36.9 Å². The molecule has 2 atom stereocenters. The summed E-state index contributed by atoms with van der Waals surface area (Å²) in [5.41, 5.74) is 0. The average molecular weight is 358 g/mol. The van der Waals surface area contributed by atoms with Crippen molar-refractivity contribution in [1.82, 2.24) is 19.9 Å². The number of hydrogen-bond donors (Lipinski definition) is 2. The van der Waals surface area contributed by atoms with Crippen LogP contribution in [-0.4, -0.2) is 64.9 Å². The number of aromatic nitrogens is 3. The van der Waals surface area contributed by atoms with Crippen molar-refractivity contribution in [3.63, 3.8) is 0 Å². The van der Waals surface area contributed by atoms with Crippen LogP contribution in [-0.2, 0) is 11.3 Å².